The van der Waals surface area contributed by atoms with Gasteiger partial charge in [-0.25, -0.2) is 0 Å². The zero-order valence-corrected chi connectivity index (χ0v) is 15.8. The van der Waals surface area contributed by atoms with Gasteiger partial charge in [0.1, 0.15) is 0 Å². The maximum atomic E-state index is 12.2. The minimum absolute atomic E-state index is 0.00600. The normalized spacial score (nSPS) is 17.6. The van der Waals surface area contributed by atoms with Crippen molar-refractivity contribution in [2.75, 3.05) is 31.2 Å². The average Bonchev–Trinajstić information content (AvgIpc) is 2.92. The standard InChI is InChI=1S/C18H25BrN2O3/c1-13(2)12-24-8-4-7-20-18(23)14-9-17(22)21(11-14)16-6-3-5-15(19)10-16/h3,5-6,10,13-14H,4,7-9,11-12H2,1-2H3,(H,20,23). The van der Waals surface area contributed by atoms with E-state index in [4.69, 9.17) is 4.74 Å². The van der Waals surface area contributed by atoms with E-state index < -0.39 is 0 Å². The smallest absolute Gasteiger partial charge is 0.227 e. The van der Waals surface area contributed by atoms with Gasteiger partial charge in [-0.15, -0.1) is 0 Å². The molecule has 1 unspecified atom stereocenters. The third-order valence-corrected chi connectivity index (χ3v) is 4.32. The molecule has 1 fully saturated rings. The van der Waals surface area contributed by atoms with Crippen molar-refractivity contribution in [3.05, 3.63) is 28.7 Å². The molecule has 0 spiro atoms. The quantitative estimate of drug-likeness (QED) is 0.687. The molecule has 1 aliphatic heterocycles. The summed E-state index contributed by atoms with van der Waals surface area (Å²) in [5.41, 5.74) is 0.826. The van der Waals surface area contributed by atoms with Gasteiger partial charge < -0.3 is 15.0 Å². The molecule has 1 heterocycles. The molecule has 1 aliphatic rings. The topological polar surface area (TPSA) is 58.6 Å². The van der Waals surface area contributed by atoms with Crippen molar-refractivity contribution in [1.82, 2.24) is 5.32 Å². The zero-order valence-electron chi connectivity index (χ0n) is 14.3. The Labute approximate surface area is 151 Å². The number of rotatable bonds is 8. The van der Waals surface area contributed by atoms with Gasteiger partial charge in [0.25, 0.3) is 0 Å². The third kappa shape index (κ3) is 5.60. The largest absolute Gasteiger partial charge is 0.381 e. The first kappa shape index (κ1) is 18.9. The van der Waals surface area contributed by atoms with Crippen molar-refractivity contribution >= 4 is 33.4 Å². The minimum atomic E-state index is -0.284. The molecule has 1 aromatic rings. The van der Waals surface area contributed by atoms with E-state index >= 15 is 0 Å². The number of hydrogen-bond acceptors (Lipinski definition) is 3. The van der Waals surface area contributed by atoms with Crippen LogP contribution in [0.3, 0.4) is 0 Å². The Kier molecular flexibility index (Phi) is 7.24. The van der Waals surface area contributed by atoms with E-state index in [-0.39, 0.29) is 24.2 Å². The van der Waals surface area contributed by atoms with Gasteiger partial charge in [0.05, 0.1) is 5.92 Å². The molecule has 24 heavy (non-hydrogen) atoms. The van der Waals surface area contributed by atoms with Crippen LogP contribution >= 0.6 is 15.9 Å². The third-order valence-electron chi connectivity index (χ3n) is 3.83. The molecule has 0 bridgehead atoms. The number of amides is 2. The zero-order chi connectivity index (χ0) is 17.5. The molecule has 2 rings (SSSR count). The van der Waals surface area contributed by atoms with Crippen LogP contribution in [0.4, 0.5) is 5.69 Å². The van der Waals surface area contributed by atoms with Crippen molar-refractivity contribution < 1.29 is 14.3 Å². The number of anilines is 1. The molecule has 132 valence electrons. The first-order valence-corrected chi connectivity index (χ1v) is 9.18. The fourth-order valence-electron chi connectivity index (χ4n) is 2.63. The van der Waals surface area contributed by atoms with Crippen LogP contribution in [0.2, 0.25) is 0 Å². The van der Waals surface area contributed by atoms with Crippen LogP contribution in [0.15, 0.2) is 28.7 Å². The summed E-state index contributed by atoms with van der Waals surface area (Å²) in [6, 6.07) is 7.58. The summed E-state index contributed by atoms with van der Waals surface area (Å²) in [5.74, 6) is 0.180. The molecular weight excluding hydrogens is 372 g/mol. The highest BCUT2D eigenvalue weighted by Gasteiger charge is 2.34. The van der Waals surface area contributed by atoms with E-state index in [1.54, 1.807) is 4.90 Å². The molecule has 1 saturated heterocycles. The average molecular weight is 397 g/mol. The van der Waals surface area contributed by atoms with E-state index in [9.17, 15) is 9.59 Å². The van der Waals surface area contributed by atoms with Gasteiger partial charge in [-0.05, 0) is 30.5 Å². The second-order valence-electron chi connectivity index (χ2n) is 6.50. The SMILES string of the molecule is CC(C)COCCCNC(=O)C1CC(=O)N(c2cccc(Br)c2)C1. The lowest BCUT2D eigenvalue weighted by Crippen LogP contribution is -2.33. The van der Waals surface area contributed by atoms with Gasteiger partial charge >= 0.3 is 0 Å². The Morgan fingerprint density at radius 1 is 1.46 bits per heavy atom. The van der Waals surface area contributed by atoms with Crippen molar-refractivity contribution in [2.24, 2.45) is 11.8 Å². The Hall–Kier alpha value is -1.40. The summed E-state index contributed by atoms with van der Waals surface area (Å²) in [6.07, 6.45) is 1.05. The number of ether oxygens (including phenoxy) is 1. The predicted molar refractivity (Wildman–Crippen MR) is 97.9 cm³/mol. The Bertz CT molecular complexity index is 577. The lowest BCUT2D eigenvalue weighted by molar-refractivity contribution is -0.126. The van der Waals surface area contributed by atoms with Crippen molar-refractivity contribution in [1.29, 1.82) is 0 Å². The number of benzene rings is 1. The first-order valence-electron chi connectivity index (χ1n) is 8.38. The summed E-state index contributed by atoms with van der Waals surface area (Å²) >= 11 is 3.41. The summed E-state index contributed by atoms with van der Waals surface area (Å²) in [4.78, 5) is 26.1. The molecule has 6 heteroatoms. The fourth-order valence-corrected chi connectivity index (χ4v) is 3.01. The van der Waals surface area contributed by atoms with Gasteiger partial charge in [-0.1, -0.05) is 35.8 Å². The van der Waals surface area contributed by atoms with E-state index in [1.165, 1.54) is 0 Å². The van der Waals surface area contributed by atoms with Crippen molar-refractivity contribution in [3.8, 4) is 0 Å². The van der Waals surface area contributed by atoms with Gasteiger partial charge in [0.2, 0.25) is 11.8 Å². The molecule has 0 radical (unpaired) electrons. The molecular formula is C18H25BrN2O3. The number of carbonyl (C=O) groups excluding carboxylic acids is 2. The van der Waals surface area contributed by atoms with Crippen LogP contribution in [0.1, 0.15) is 26.7 Å². The minimum Gasteiger partial charge on any atom is -0.381 e. The van der Waals surface area contributed by atoms with Gasteiger partial charge in [-0.2, -0.15) is 0 Å². The Balaban J connectivity index is 1.75. The second-order valence-corrected chi connectivity index (χ2v) is 7.41. The molecule has 2 amide bonds. The van der Waals surface area contributed by atoms with E-state index in [1.807, 2.05) is 24.3 Å². The molecule has 1 atom stereocenters. The van der Waals surface area contributed by atoms with Gasteiger partial charge in [-0.3, -0.25) is 9.59 Å². The Morgan fingerprint density at radius 3 is 2.96 bits per heavy atom. The number of hydrogen-bond donors (Lipinski definition) is 1. The van der Waals surface area contributed by atoms with E-state index in [2.05, 4.69) is 35.1 Å². The van der Waals surface area contributed by atoms with Crippen LogP contribution in [0, 0.1) is 11.8 Å². The highest BCUT2D eigenvalue weighted by molar-refractivity contribution is 9.10. The molecule has 0 aliphatic carbocycles. The van der Waals surface area contributed by atoms with E-state index in [0.717, 1.165) is 23.2 Å². The van der Waals surface area contributed by atoms with Crippen LogP contribution in [-0.2, 0) is 14.3 Å². The Morgan fingerprint density at radius 2 is 2.25 bits per heavy atom. The monoisotopic (exact) mass is 396 g/mol. The first-order chi connectivity index (χ1) is 11.5. The highest BCUT2D eigenvalue weighted by atomic mass is 79.9. The summed E-state index contributed by atoms with van der Waals surface area (Å²) < 4.78 is 6.41. The molecule has 0 aromatic heterocycles. The molecule has 5 nitrogen and oxygen atoms in total. The highest BCUT2D eigenvalue weighted by Crippen LogP contribution is 2.27. The van der Waals surface area contributed by atoms with Gasteiger partial charge in [0.15, 0.2) is 0 Å². The predicted octanol–water partition coefficient (Wildman–Crippen LogP) is 2.98. The van der Waals surface area contributed by atoms with Crippen LogP contribution in [0.5, 0.6) is 0 Å². The lowest BCUT2D eigenvalue weighted by Gasteiger charge is -2.17. The number of nitrogens with zero attached hydrogens (tertiary/aromatic N) is 1. The lowest BCUT2D eigenvalue weighted by atomic mass is 10.1. The molecule has 1 aromatic carbocycles. The second kappa shape index (κ2) is 9.18. The summed E-state index contributed by atoms with van der Waals surface area (Å²) in [5, 5.41) is 2.91. The number of halogens is 1. The van der Waals surface area contributed by atoms with Crippen LogP contribution in [0.25, 0.3) is 0 Å². The van der Waals surface area contributed by atoms with Crippen LogP contribution < -0.4 is 10.2 Å². The summed E-state index contributed by atoms with van der Waals surface area (Å²) in [6.45, 7) is 6.62. The summed E-state index contributed by atoms with van der Waals surface area (Å²) in [7, 11) is 0. The molecule has 1 N–H and O–H groups in total. The molecule has 0 saturated carbocycles. The van der Waals surface area contributed by atoms with Gasteiger partial charge in [0, 0.05) is 42.9 Å². The number of carbonyl (C=O) groups is 2. The maximum Gasteiger partial charge on any atom is 0.227 e. The fraction of sp³-hybridized carbons (Fsp3) is 0.556. The number of nitrogens with one attached hydrogen (secondary N) is 1. The van der Waals surface area contributed by atoms with Crippen molar-refractivity contribution in [3.63, 3.8) is 0 Å². The maximum absolute atomic E-state index is 12.2. The van der Waals surface area contributed by atoms with E-state index in [0.29, 0.717) is 25.6 Å². The van der Waals surface area contributed by atoms with Crippen molar-refractivity contribution in [2.45, 2.75) is 26.7 Å². The van der Waals surface area contributed by atoms with Crippen LogP contribution in [-0.4, -0.2) is 38.1 Å².